The fourth-order valence-electron chi connectivity index (χ4n) is 1.90. The van der Waals surface area contributed by atoms with E-state index in [9.17, 15) is 9.18 Å². The van der Waals surface area contributed by atoms with Gasteiger partial charge in [-0.3, -0.25) is 4.79 Å². The molecule has 0 aliphatic rings. The quantitative estimate of drug-likeness (QED) is 0.824. The molecule has 1 aromatic carbocycles. The van der Waals surface area contributed by atoms with E-state index >= 15 is 0 Å². The van der Waals surface area contributed by atoms with Gasteiger partial charge in [0.05, 0.1) is 12.4 Å². The monoisotopic (exact) mass is 316 g/mol. The number of benzene rings is 1. The summed E-state index contributed by atoms with van der Waals surface area (Å²) in [6.07, 6.45) is 4.03. The van der Waals surface area contributed by atoms with Gasteiger partial charge in [-0.1, -0.05) is 26.0 Å². The van der Waals surface area contributed by atoms with Crippen LogP contribution < -0.4 is 10.6 Å². The highest BCUT2D eigenvalue weighted by Crippen LogP contribution is 2.05. The van der Waals surface area contributed by atoms with E-state index in [1.807, 2.05) is 0 Å². The van der Waals surface area contributed by atoms with Crippen LogP contribution in [0.3, 0.4) is 0 Å². The van der Waals surface area contributed by atoms with Gasteiger partial charge >= 0.3 is 0 Å². The average Bonchev–Trinajstić information content (AvgIpc) is 2.54. The highest BCUT2D eigenvalue weighted by atomic mass is 19.1. The van der Waals surface area contributed by atoms with Crippen LogP contribution in [-0.2, 0) is 6.54 Å². The van der Waals surface area contributed by atoms with Gasteiger partial charge in [0.1, 0.15) is 17.3 Å². The Morgan fingerprint density at radius 3 is 2.52 bits per heavy atom. The third-order valence-electron chi connectivity index (χ3n) is 3.28. The molecule has 0 spiro atoms. The zero-order valence-electron chi connectivity index (χ0n) is 13.3. The fourth-order valence-corrected chi connectivity index (χ4v) is 1.90. The third-order valence-corrected chi connectivity index (χ3v) is 3.28. The van der Waals surface area contributed by atoms with Crippen LogP contribution in [0, 0.1) is 11.7 Å². The smallest absolute Gasteiger partial charge is 0.271 e. The van der Waals surface area contributed by atoms with E-state index in [2.05, 4.69) is 34.4 Å². The van der Waals surface area contributed by atoms with Gasteiger partial charge in [-0.2, -0.15) is 0 Å². The second-order valence-corrected chi connectivity index (χ2v) is 5.71. The molecule has 0 atom stereocenters. The molecule has 1 amide bonds. The van der Waals surface area contributed by atoms with E-state index in [0.717, 1.165) is 18.5 Å². The molecule has 0 fully saturated rings. The number of carbonyl (C=O) groups excluding carboxylic acids is 1. The first-order valence-electron chi connectivity index (χ1n) is 7.63. The molecule has 2 N–H and O–H groups in total. The minimum absolute atomic E-state index is 0.251. The van der Waals surface area contributed by atoms with E-state index in [1.54, 1.807) is 18.3 Å². The highest BCUT2D eigenvalue weighted by molar-refractivity contribution is 5.91. The third kappa shape index (κ3) is 5.65. The molecule has 0 saturated carbocycles. The van der Waals surface area contributed by atoms with Gasteiger partial charge in [-0.15, -0.1) is 0 Å². The van der Waals surface area contributed by atoms with Crippen LogP contribution in [0.1, 0.15) is 36.3 Å². The lowest BCUT2D eigenvalue weighted by Gasteiger charge is -2.08. The Morgan fingerprint density at radius 2 is 1.91 bits per heavy atom. The molecule has 0 radical (unpaired) electrons. The number of halogens is 1. The van der Waals surface area contributed by atoms with Gasteiger partial charge in [0.25, 0.3) is 5.91 Å². The lowest BCUT2D eigenvalue weighted by atomic mass is 10.1. The van der Waals surface area contributed by atoms with E-state index in [4.69, 9.17) is 0 Å². The summed E-state index contributed by atoms with van der Waals surface area (Å²) in [5.41, 5.74) is 1.07. The number of nitrogens with zero attached hydrogens (tertiary/aromatic N) is 2. The summed E-state index contributed by atoms with van der Waals surface area (Å²) < 4.78 is 12.8. The summed E-state index contributed by atoms with van der Waals surface area (Å²) in [6, 6.07) is 5.98. The molecule has 122 valence electrons. The Morgan fingerprint density at radius 1 is 1.17 bits per heavy atom. The van der Waals surface area contributed by atoms with E-state index in [1.165, 1.54) is 18.3 Å². The molecule has 2 aromatic rings. The summed E-state index contributed by atoms with van der Waals surface area (Å²) in [4.78, 5) is 20.3. The van der Waals surface area contributed by atoms with E-state index in [-0.39, 0.29) is 17.4 Å². The first-order chi connectivity index (χ1) is 11.0. The van der Waals surface area contributed by atoms with Crippen molar-refractivity contribution in [1.82, 2.24) is 15.3 Å². The van der Waals surface area contributed by atoms with Gasteiger partial charge in [0.15, 0.2) is 0 Å². The SMILES string of the molecule is CC(C)CCNc1cnc(C(=O)NCc2ccc(F)cc2)cn1. The average molecular weight is 316 g/mol. The van der Waals surface area contributed by atoms with Gasteiger partial charge in [0.2, 0.25) is 0 Å². The summed E-state index contributed by atoms with van der Waals surface area (Å²) in [5.74, 6) is 0.662. The summed E-state index contributed by atoms with van der Waals surface area (Å²) in [6.45, 7) is 5.45. The topological polar surface area (TPSA) is 66.9 Å². The van der Waals surface area contributed by atoms with Crippen molar-refractivity contribution >= 4 is 11.7 Å². The summed E-state index contributed by atoms with van der Waals surface area (Å²) in [7, 11) is 0. The zero-order chi connectivity index (χ0) is 16.7. The first-order valence-corrected chi connectivity index (χ1v) is 7.63. The number of hydrogen-bond acceptors (Lipinski definition) is 4. The largest absolute Gasteiger partial charge is 0.369 e. The molecule has 6 heteroatoms. The molecule has 23 heavy (non-hydrogen) atoms. The molecular formula is C17H21FN4O. The number of rotatable bonds is 7. The van der Waals surface area contributed by atoms with Crippen molar-refractivity contribution in [2.45, 2.75) is 26.8 Å². The lowest BCUT2D eigenvalue weighted by Crippen LogP contribution is -2.24. The van der Waals surface area contributed by atoms with Crippen LogP contribution in [0.4, 0.5) is 10.2 Å². The maximum absolute atomic E-state index is 12.8. The van der Waals surface area contributed by atoms with Gasteiger partial charge in [-0.05, 0) is 30.0 Å². The Labute approximate surface area is 135 Å². The molecule has 5 nitrogen and oxygen atoms in total. The Kier molecular flexibility index (Phi) is 6.02. The van der Waals surface area contributed by atoms with Crippen molar-refractivity contribution in [3.8, 4) is 0 Å². The number of nitrogens with one attached hydrogen (secondary N) is 2. The fraction of sp³-hybridized carbons (Fsp3) is 0.353. The Balaban J connectivity index is 1.83. The normalized spacial score (nSPS) is 10.6. The molecule has 2 rings (SSSR count). The second-order valence-electron chi connectivity index (χ2n) is 5.71. The molecule has 0 unspecified atom stereocenters. The van der Waals surface area contributed by atoms with Gasteiger partial charge in [-0.25, -0.2) is 14.4 Å². The molecule has 0 bridgehead atoms. The van der Waals surface area contributed by atoms with Crippen LogP contribution in [0.15, 0.2) is 36.7 Å². The Hall–Kier alpha value is -2.50. The number of aromatic nitrogens is 2. The van der Waals surface area contributed by atoms with Crippen LogP contribution in [-0.4, -0.2) is 22.4 Å². The van der Waals surface area contributed by atoms with Gasteiger partial charge in [0, 0.05) is 13.1 Å². The van der Waals surface area contributed by atoms with Gasteiger partial charge < -0.3 is 10.6 Å². The maximum Gasteiger partial charge on any atom is 0.271 e. The number of anilines is 1. The summed E-state index contributed by atoms with van der Waals surface area (Å²) in [5, 5.41) is 5.89. The summed E-state index contributed by atoms with van der Waals surface area (Å²) >= 11 is 0. The van der Waals surface area contributed by atoms with Crippen molar-refractivity contribution in [2.75, 3.05) is 11.9 Å². The predicted octanol–water partition coefficient (Wildman–Crippen LogP) is 3.00. The lowest BCUT2D eigenvalue weighted by molar-refractivity contribution is 0.0945. The van der Waals surface area contributed by atoms with Crippen molar-refractivity contribution in [1.29, 1.82) is 0 Å². The van der Waals surface area contributed by atoms with Crippen LogP contribution in [0.25, 0.3) is 0 Å². The number of carbonyl (C=O) groups is 1. The van der Waals surface area contributed by atoms with Crippen molar-refractivity contribution in [2.24, 2.45) is 5.92 Å². The van der Waals surface area contributed by atoms with Crippen molar-refractivity contribution in [3.63, 3.8) is 0 Å². The zero-order valence-corrected chi connectivity index (χ0v) is 13.3. The highest BCUT2D eigenvalue weighted by Gasteiger charge is 2.08. The van der Waals surface area contributed by atoms with Crippen LogP contribution in [0.5, 0.6) is 0 Å². The minimum atomic E-state index is -0.310. The Bertz CT molecular complexity index is 626. The maximum atomic E-state index is 12.8. The standard InChI is InChI=1S/C17H21FN4O/c1-12(2)7-8-19-16-11-20-15(10-21-16)17(23)22-9-13-3-5-14(18)6-4-13/h3-6,10-12H,7-9H2,1-2H3,(H,19,21)(H,22,23). The van der Waals surface area contributed by atoms with Crippen molar-refractivity contribution in [3.05, 3.63) is 53.7 Å². The molecule has 0 aliphatic heterocycles. The van der Waals surface area contributed by atoms with E-state index < -0.39 is 0 Å². The van der Waals surface area contributed by atoms with Crippen molar-refractivity contribution < 1.29 is 9.18 Å². The predicted molar refractivity (Wildman–Crippen MR) is 87.5 cm³/mol. The number of hydrogen-bond donors (Lipinski definition) is 2. The van der Waals surface area contributed by atoms with Crippen LogP contribution >= 0.6 is 0 Å². The number of amides is 1. The molecule has 0 aliphatic carbocycles. The van der Waals surface area contributed by atoms with Crippen LogP contribution in [0.2, 0.25) is 0 Å². The first kappa shape index (κ1) is 16.9. The molecule has 1 aromatic heterocycles. The second kappa shape index (κ2) is 8.22. The molecule has 1 heterocycles. The molecule has 0 saturated heterocycles. The minimum Gasteiger partial charge on any atom is -0.369 e. The van der Waals surface area contributed by atoms with E-state index in [0.29, 0.717) is 18.3 Å². The molecular weight excluding hydrogens is 295 g/mol.